The Hall–Kier alpha value is -1.01. The molecule has 6 heteroatoms. The SMILES string of the molecule is O=C(CCOCC(F)F)NCc1cccc(Br)c1. The van der Waals surface area contributed by atoms with E-state index in [1.54, 1.807) is 0 Å². The van der Waals surface area contributed by atoms with Gasteiger partial charge < -0.3 is 10.1 Å². The van der Waals surface area contributed by atoms with Crippen LogP contribution >= 0.6 is 15.9 Å². The van der Waals surface area contributed by atoms with Crippen LogP contribution in [0, 0.1) is 0 Å². The molecule has 1 N–H and O–H groups in total. The summed E-state index contributed by atoms with van der Waals surface area (Å²) < 4.78 is 29.0. The minimum Gasteiger partial charge on any atom is -0.375 e. The molecule has 1 aromatic rings. The van der Waals surface area contributed by atoms with Gasteiger partial charge in [0.15, 0.2) is 0 Å². The molecule has 0 aliphatic heterocycles. The van der Waals surface area contributed by atoms with Crippen LogP contribution < -0.4 is 5.32 Å². The molecule has 0 bridgehead atoms. The topological polar surface area (TPSA) is 38.3 Å². The second kappa shape index (κ2) is 8.16. The Bertz CT molecular complexity index is 388. The van der Waals surface area contributed by atoms with E-state index in [1.807, 2.05) is 24.3 Å². The van der Waals surface area contributed by atoms with E-state index in [1.165, 1.54) is 0 Å². The van der Waals surface area contributed by atoms with E-state index in [9.17, 15) is 13.6 Å². The number of carbonyl (C=O) groups is 1. The molecular formula is C12H14BrF2NO2. The lowest BCUT2D eigenvalue weighted by Gasteiger charge is -2.06. The quantitative estimate of drug-likeness (QED) is 0.784. The summed E-state index contributed by atoms with van der Waals surface area (Å²) >= 11 is 3.33. The van der Waals surface area contributed by atoms with Gasteiger partial charge in [0.2, 0.25) is 5.91 Å². The lowest BCUT2D eigenvalue weighted by molar-refractivity contribution is -0.122. The highest BCUT2D eigenvalue weighted by Crippen LogP contribution is 2.11. The smallest absolute Gasteiger partial charge is 0.261 e. The van der Waals surface area contributed by atoms with Gasteiger partial charge in [-0.3, -0.25) is 4.79 Å². The van der Waals surface area contributed by atoms with Gasteiger partial charge in [0.05, 0.1) is 6.61 Å². The van der Waals surface area contributed by atoms with Gasteiger partial charge >= 0.3 is 0 Å². The van der Waals surface area contributed by atoms with E-state index in [0.29, 0.717) is 6.54 Å². The first kappa shape index (κ1) is 15.0. The third kappa shape index (κ3) is 6.66. The number of amides is 1. The molecule has 18 heavy (non-hydrogen) atoms. The Morgan fingerprint density at radius 3 is 2.89 bits per heavy atom. The van der Waals surface area contributed by atoms with Crippen LogP contribution in [0.4, 0.5) is 8.78 Å². The van der Waals surface area contributed by atoms with E-state index in [-0.39, 0.29) is 18.9 Å². The van der Waals surface area contributed by atoms with Crippen molar-refractivity contribution in [2.75, 3.05) is 13.2 Å². The van der Waals surface area contributed by atoms with Crippen molar-refractivity contribution in [2.45, 2.75) is 19.4 Å². The molecule has 1 amide bonds. The minimum atomic E-state index is -2.49. The summed E-state index contributed by atoms with van der Waals surface area (Å²) in [5, 5.41) is 2.69. The van der Waals surface area contributed by atoms with Gasteiger partial charge in [0.1, 0.15) is 6.61 Å². The normalized spacial score (nSPS) is 10.7. The average molecular weight is 322 g/mol. The molecule has 0 saturated heterocycles. The Morgan fingerprint density at radius 1 is 1.44 bits per heavy atom. The number of hydrogen-bond acceptors (Lipinski definition) is 2. The van der Waals surface area contributed by atoms with E-state index in [0.717, 1.165) is 10.0 Å². The molecule has 0 aliphatic rings. The van der Waals surface area contributed by atoms with Gasteiger partial charge in [-0.1, -0.05) is 28.1 Å². The number of benzene rings is 1. The molecule has 0 spiro atoms. The van der Waals surface area contributed by atoms with E-state index in [2.05, 4.69) is 26.0 Å². The highest BCUT2D eigenvalue weighted by atomic mass is 79.9. The van der Waals surface area contributed by atoms with Gasteiger partial charge in [-0.2, -0.15) is 0 Å². The zero-order chi connectivity index (χ0) is 13.4. The first-order valence-electron chi connectivity index (χ1n) is 5.45. The highest BCUT2D eigenvalue weighted by molar-refractivity contribution is 9.10. The number of halogens is 3. The van der Waals surface area contributed by atoms with Crippen LogP contribution in [0.1, 0.15) is 12.0 Å². The number of rotatable bonds is 7. The summed E-state index contributed by atoms with van der Waals surface area (Å²) in [7, 11) is 0. The number of ether oxygens (including phenoxy) is 1. The fourth-order valence-electron chi connectivity index (χ4n) is 1.27. The van der Waals surface area contributed by atoms with E-state index < -0.39 is 13.0 Å². The molecule has 0 atom stereocenters. The van der Waals surface area contributed by atoms with Gasteiger partial charge in [-0.25, -0.2) is 8.78 Å². The molecule has 0 heterocycles. The molecule has 0 aliphatic carbocycles. The number of hydrogen-bond donors (Lipinski definition) is 1. The van der Waals surface area contributed by atoms with Crippen molar-refractivity contribution in [1.82, 2.24) is 5.32 Å². The molecule has 3 nitrogen and oxygen atoms in total. The molecule has 100 valence electrons. The monoisotopic (exact) mass is 321 g/mol. The van der Waals surface area contributed by atoms with Crippen LogP contribution in [-0.2, 0) is 16.1 Å². The molecule has 0 aromatic heterocycles. The number of carbonyl (C=O) groups excluding carboxylic acids is 1. The largest absolute Gasteiger partial charge is 0.375 e. The summed E-state index contributed by atoms with van der Waals surface area (Å²) in [4.78, 5) is 11.4. The second-order valence-corrected chi connectivity index (χ2v) is 4.54. The zero-order valence-corrected chi connectivity index (χ0v) is 11.3. The van der Waals surface area contributed by atoms with Crippen LogP contribution in [0.15, 0.2) is 28.7 Å². The summed E-state index contributed by atoms with van der Waals surface area (Å²) in [5.74, 6) is -0.218. The Labute approximate surface area is 113 Å². The zero-order valence-electron chi connectivity index (χ0n) is 9.67. The average Bonchev–Trinajstić information content (AvgIpc) is 2.32. The first-order chi connectivity index (χ1) is 8.58. The lowest BCUT2D eigenvalue weighted by atomic mass is 10.2. The lowest BCUT2D eigenvalue weighted by Crippen LogP contribution is -2.24. The van der Waals surface area contributed by atoms with Crippen molar-refractivity contribution in [3.8, 4) is 0 Å². The van der Waals surface area contributed by atoms with Gasteiger partial charge in [-0.15, -0.1) is 0 Å². The van der Waals surface area contributed by atoms with Gasteiger partial charge in [-0.05, 0) is 17.7 Å². The fourth-order valence-corrected chi connectivity index (χ4v) is 1.72. The maximum absolute atomic E-state index is 11.7. The Balaban J connectivity index is 2.17. The first-order valence-corrected chi connectivity index (χ1v) is 6.24. The van der Waals surface area contributed by atoms with Crippen molar-refractivity contribution in [3.05, 3.63) is 34.3 Å². The van der Waals surface area contributed by atoms with Crippen LogP contribution in [0.25, 0.3) is 0 Å². The van der Waals surface area contributed by atoms with Crippen molar-refractivity contribution in [1.29, 1.82) is 0 Å². The molecule has 1 aromatic carbocycles. The third-order valence-corrected chi connectivity index (χ3v) is 2.59. The summed E-state index contributed by atoms with van der Waals surface area (Å²) in [6.45, 7) is -0.208. The standard InChI is InChI=1S/C12H14BrF2NO2/c13-10-3-1-2-9(6-10)7-16-12(17)4-5-18-8-11(14)15/h1-3,6,11H,4-5,7-8H2,(H,16,17). The van der Waals surface area contributed by atoms with Crippen LogP contribution in [0.2, 0.25) is 0 Å². The van der Waals surface area contributed by atoms with E-state index in [4.69, 9.17) is 0 Å². The maximum atomic E-state index is 11.7. The molecule has 1 rings (SSSR count). The summed E-state index contributed by atoms with van der Waals surface area (Å²) in [6.07, 6.45) is -2.41. The van der Waals surface area contributed by atoms with Crippen LogP contribution in [0.5, 0.6) is 0 Å². The minimum absolute atomic E-state index is 0.00859. The molecule has 0 fully saturated rings. The molecule has 0 radical (unpaired) electrons. The Kier molecular flexibility index (Phi) is 6.82. The predicted octanol–water partition coefficient (Wildman–Crippen LogP) is 2.74. The molecule has 0 unspecified atom stereocenters. The van der Waals surface area contributed by atoms with Crippen molar-refractivity contribution < 1.29 is 18.3 Å². The van der Waals surface area contributed by atoms with Crippen LogP contribution in [-0.4, -0.2) is 25.5 Å². The predicted molar refractivity (Wildman–Crippen MR) is 67.4 cm³/mol. The van der Waals surface area contributed by atoms with Crippen molar-refractivity contribution >= 4 is 21.8 Å². The van der Waals surface area contributed by atoms with Gasteiger partial charge in [0.25, 0.3) is 6.43 Å². The van der Waals surface area contributed by atoms with E-state index >= 15 is 0 Å². The second-order valence-electron chi connectivity index (χ2n) is 3.62. The van der Waals surface area contributed by atoms with Crippen molar-refractivity contribution in [3.63, 3.8) is 0 Å². The highest BCUT2D eigenvalue weighted by Gasteiger charge is 2.04. The number of alkyl halides is 2. The van der Waals surface area contributed by atoms with Gasteiger partial charge in [0, 0.05) is 17.4 Å². The fraction of sp³-hybridized carbons (Fsp3) is 0.417. The molecular weight excluding hydrogens is 308 g/mol. The van der Waals surface area contributed by atoms with Crippen LogP contribution in [0.3, 0.4) is 0 Å². The summed E-state index contributed by atoms with van der Waals surface area (Å²) in [6, 6.07) is 7.55. The summed E-state index contributed by atoms with van der Waals surface area (Å²) in [5.41, 5.74) is 0.964. The third-order valence-electron chi connectivity index (χ3n) is 2.10. The maximum Gasteiger partial charge on any atom is 0.261 e. The number of nitrogens with one attached hydrogen (secondary N) is 1. The van der Waals surface area contributed by atoms with Crippen molar-refractivity contribution in [2.24, 2.45) is 0 Å². The Morgan fingerprint density at radius 2 is 2.22 bits per heavy atom. The molecule has 0 saturated carbocycles.